The van der Waals surface area contributed by atoms with Crippen molar-refractivity contribution < 1.29 is 49.5 Å². The van der Waals surface area contributed by atoms with Gasteiger partial charge in [-0.1, -0.05) is 77.4 Å². The summed E-state index contributed by atoms with van der Waals surface area (Å²) in [4.78, 5) is 67.6. The summed E-state index contributed by atoms with van der Waals surface area (Å²) in [5.74, 6) is -11.1. The number of carbonyl (C=O) groups is 5. The van der Waals surface area contributed by atoms with Crippen molar-refractivity contribution >= 4 is 40.6 Å². The van der Waals surface area contributed by atoms with Crippen molar-refractivity contribution in [1.29, 1.82) is 0 Å². The van der Waals surface area contributed by atoms with E-state index in [0.29, 0.717) is 0 Å². The molecule has 4 bridgehead atoms. The number of aliphatic hydroxyl groups excluding tert-OH is 5. The van der Waals surface area contributed by atoms with Gasteiger partial charge in [0.15, 0.2) is 11.6 Å². The zero-order valence-corrected chi connectivity index (χ0v) is 28.6. The minimum Gasteiger partial charge on any atom is -0.392 e. The molecule has 6 N–H and O–H groups in total. The number of hydrogen-bond acceptors (Lipinski definition) is 10. The molecule has 0 radical (unpaired) electrons. The number of rotatable bonds is 0. The molecule has 0 spiro atoms. The second-order valence-corrected chi connectivity index (χ2v) is 13.8. The van der Waals surface area contributed by atoms with Crippen molar-refractivity contribution in [3.05, 3.63) is 57.3 Å². The molecule has 0 aromatic heterocycles. The first-order valence-corrected chi connectivity index (χ1v) is 16.2. The predicted molar refractivity (Wildman–Crippen MR) is 173 cm³/mol. The normalized spacial score (nSPS) is 40.6. The highest BCUT2D eigenvalue weighted by Gasteiger charge is 2.52. The zero-order valence-electron chi connectivity index (χ0n) is 27.9. The van der Waals surface area contributed by atoms with Crippen LogP contribution in [0, 0.1) is 41.4 Å². The van der Waals surface area contributed by atoms with E-state index >= 15 is 0 Å². The zero-order chi connectivity index (χ0) is 35.8. The maximum absolute atomic E-state index is 13.8. The smallest absolute Gasteiger partial charge is 0.251 e. The predicted octanol–water partition coefficient (Wildman–Crippen LogP) is 1.85. The lowest BCUT2D eigenvalue weighted by molar-refractivity contribution is -0.137. The second-order valence-electron chi connectivity index (χ2n) is 13.4. The van der Waals surface area contributed by atoms with Crippen molar-refractivity contribution in [3.8, 4) is 0 Å². The Bertz CT molecular complexity index is 1490. The van der Waals surface area contributed by atoms with E-state index in [1.54, 1.807) is 40.7 Å². The molecule has 0 aromatic rings. The molecular weight excluding hydrogens is 630 g/mol. The molecule has 4 unspecified atom stereocenters. The quantitative estimate of drug-likeness (QED) is 0.163. The summed E-state index contributed by atoms with van der Waals surface area (Å²) in [6.45, 7) is 12.3. The van der Waals surface area contributed by atoms with Gasteiger partial charge in [-0.25, -0.2) is 0 Å². The molecule has 0 saturated heterocycles. The number of allylic oxidation sites excluding steroid dienone is 6. The van der Waals surface area contributed by atoms with Gasteiger partial charge in [-0.15, -0.1) is 0 Å². The van der Waals surface area contributed by atoms with E-state index in [0.717, 1.165) is 0 Å². The van der Waals surface area contributed by atoms with Crippen molar-refractivity contribution in [2.45, 2.75) is 85.9 Å². The molecule has 12 atom stereocenters. The lowest BCUT2D eigenvalue weighted by Crippen LogP contribution is -2.49. The molecule has 1 amide bonds. The molecule has 0 fully saturated rings. The Kier molecular flexibility index (Phi) is 12.3. The first-order chi connectivity index (χ1) is 21.8. The Balaban J connectivity index is 2.18. The molecule has 258 valence electrons. The Morgan fingerprint density at radius 1 is 0.681 bits per heavy atom. The van der Waals surface area contributed by atoms with Crippen molar-refractivity contribution in [2.24, 2.45) is 41.4 Å². The standard InChI is InChI=1S/C35H46ClNO10/c1-13-10-9-11-14(2)35(47)37-25-24(36)33(45)21-22(31(43)20(8)32(44)23(21)34(25)46)28(40)16(4)12-15(3)27(39)18(6)30(42)19(7)29(41)17(5)26(13)38/h9-13,15,17-20,22,26-27,29-30,32,38-39,41-42,44H,1-8H3,(H,37,47)/b10-9-,14-11?,16-12-/t13-,15?,17+,18+,19+,20?,22?,26-,27-,29+,30+,32?/m0/s1. The van der Waals surface area contributed by atoms with Crippen molar-refractivity contribution in [1.82, 2.24) is 5.32 Å². The van der Waals surface area contributed by atoms with E-state index in [1.165, 1.54) is 39.0 Å². The summed E-state index contributed by atoms with van der Waals surface area (Å²) in [6.07, 6.45) is -0.496. The highest BCUT2D eigenvalue weighted by atomic mass is 35.5. The molecule has 0 saturated carbocycles. The molecule has 4 rings (SSSR count). The van der Waals surface area contributed by atoms with Crippen LogP contribution >= 0.6 is 11.6 Å². The Morgan fingerprint density at radius 2 is 1.19 bits per heavy atom. The van der Waals surface area contributed by atoms with E-state index in [1.807, 2.05) is 0 Å². The number of hydrogen-bond donors (Lipinski definition) is 6. The van der Waals surface area contributed by atoms with Crippen LogP contribution in [0.4, 0.5) is 0 Å². The van der Waals surface area contributed by atoms with Crippen LogP contribution < -0.4 is 5.32 Å². The van der Waals surface area contributed by atoms with Gasteiger partial charge in [-0.05, 0) is 19.4 Å². The van der Waals surface area contributed by atoms with Crippen LogP contribution in [0.5, 0.6) is 0 Å². The van der Waals surface area contributed by atoms with Crippen molar-refractivity contribution in [3.63, 3.8) is 0 Å². The van der Waals surface area contributed by atoms with Gasteiger partial charge in [0.25, 0.3) is 5.91 Å². The van der Waals surface area contributed by atoms with E-state index in [-0.39, 0.29) is 11.1 Å². The van der Waals surface area contributed by atoms with Gasteiger partial charge in [0.05, 0.1) is 30.5 Å². The van der Waals surface area contributed by atoms with E-state index in [2.05, 4.69) is 5.32 Å². The number of carbonyl (C=O) groups excluding carboxylic acids is 5. The van der Waals surface area contributed by atoms with E-state index in [4.69, 9.17) is 11.6 Å². The SMILES string of the molecule is CC1=C/C=C\[C@H](C)[C@H](O)[C@@H](C)[C@@H](O)[C@@H](C)[C@H](O)[C@H](C)[C@@H](O)C(C)/C=C(/C)C(=O)C2C(=O)C(C)C(O)C3=C2C(=O)C(Cl)=C(NC1=O)C3=O. The van der Waals surface area contributed by atoms with Crippen LogP contribution in [-0.4, -0.2) is 85.1 Å². The summed E-state index contributed by atoms with van der Waals surface area (Å²) in [5, 5.41) is 56.9. The summed E-state index contributed by atoms with van der Waals surface area (Å²) in [5.41, 5.74) is -1.58. The molecule has 2 aliphatic carbocycles. The maximum Gasteiger partial charge on any atom is 0.251 e. The Hall–Kier alpha value is -3.06. The summed E-state index contributed by atoms with van der Waals surface area (Å²) in [6, 6.07) is 0. The topological polar surface area (TPSA) is 199 Å². The lowest BCUT2D eigenvalue weighted by atomic mass is 9.67. The van der Waals surface area contributed by atoms with Gasteiger partial charge in [0.2, 0.25) is 11.6 Å². The fraction of sp³-hybridized carbons (Fsp3) is 0.571. The number of ketones is 4. The number of Topliss-reactive ketones (excluding diaryl/α,β-unsaturated/α-hetero) is 4. The molecule has 2 heterocycles. The van der Waals surface area contributed by atoms with Gasteiger partial charge in [-0.3, -0.25) is 24.0 Å². The van der Waals surface area contributed by atoms with Gasteiger partial charge >= 0.3 is 0 Å². The fourth-order valence-corrected chi connectivity index (χ4v) is 6.81. The summed E-state index contributed by atoms with van der Waals surface area (Å²) in [7, 11) is 0. The van der Waals surface area contributed by atoms with Crippen molar-refractivity contribution in [2.75, 3.05) is 0 Å². The highest BCUT2D eigenvalue weighted by Crippen LogP contribution is 2.41. The molecular formula is C35H46ClNO10. The summed E-state index contributed by atoms with van der Waals surface area (Å²) < 4.78 is 0. The number of aliphatic hydroxyl groups is 5. The number of halogens is 1. The molecule has 11 nitrogen and oxygen atoms in total. The second kappa shape index (κ2) is 15.0. The highest BCUT2D eigenvalue weighted by molar-refractivity contribution is 6.51. The number of fused-ring (bicyclic) bond motifs is 15. The monoisotopic (exact) mass is 675 g/mol. The molecule has 12 heteroatoms. The third-order valence-electron chi connectivity index (χ3n) is 10.0. The average Bonchev–Trinajstić information content (AvgIpc) is 3.04. The fourth-order valence-electron chi connectivity index (χ4n) is 6.57. The van der Waals surface area contributed by atoms with Gasteiger partial charge in [0.1, 0.15) is 16.6 Å². The van der Waals surface area contributed by atoms with E-state index in [9.17, 15) is 49.5 Å². The number of nitrogens with one attached hydrogen (secondary N) is 1. The summed E-state index contributed by atoms with van der Waals surface area (Å²) >= 11 is 6.31. The third-order valence-corrected chi connectivity index (χ3v) is 10.4. The molecule has 4 aliphatic rings. The van der Waals surface area contributed by atoms with E-state index < -0.39 is 123 Å². The van der Waals surface area contributed by atoms with Gasteiger partial charge < -0.3 is 30.8 Å². The van der Waals surface area contributed by atoms with Crippen LogP contribution in [-0.2, 0) is 24.0 Å². The minimum atomic E-state index is -1.77. The number of amides is 1. The maximum atomic E-state index is 13.8. The molecule has 2 aliphatic heterocycles. The van der Waals surface area contributed by atoms with Gasteiger partial charge in [0, 0.05) is 52.2 Å². The Labute approximate surface area is 279 Å². The van der Waals surface area contributed by atoms with Crippen LogP contribution in [0.25, 0.3) is 0 Å². The molecule has 47 heavy (non-hydrogen) atoms. The van der Waals surface area contributed by atoms with Crippen LogP contribution in [0.15, 0.2) is 57.3 Å². The van der Waals surface area contributed by atoms with Crippen LogP contribution in [0.2, 0.25) is 0 Å². The molecule has 0 aromatic carbocycles. The third kappa shape index (κ3) is 7.35. The first kappa shape index (κ1) is 38.4. The average molecular weight is 676 g/mol. The Morgan fingerprint density at radius 3 is 1.74 bits per heavy atom. The van der Waals surface area contributed by atoms with Gasteiger partial charge in [-0.2, -0.15) is 0 Å². The van der Waals surface area contributed by atoms with Crippen LogP contribution in [0.3, 0.4) is 0 Å². The first-order valence-electron chi connectivity index (χ1n) is 15.8. The minimum absolute atomic E-state index is 0.0167. The lowest BCUT2D eigenvalue weighted by Gasteiger charge is -2.37. The van der Waals surface area contributed by atoms with Crippen LogP contribution in [0.1, 0.15) is 55.4 Å². The largest absolute Gasteiger partial charge is 0.392 e.